The molecule has 0 spiro atoms. The molecule has 0 aliphatic rings. The SMILES string of the molecule is CCOC(=O)NC(=O)NCCN(C)C.CCOC(=O)NC(=O)NCC[N+](C)(C)C.[I-]. The van der Waals surface area contributed by atoms with Crippen LogP contribution < -0.4 is 45.2 Å². The standard InChI is InChI=1S/C9H19N3O3.C8H17N3O3.HI/c1-5-15-9(14)11-8(13)10-6-7-12(2,3)4;1-4-14-8(13)10-7(12)9-5-6-11(2)3;/h5-7H2,1-4H3,(H-,10,11,13,14);4-6H2,1-3H3,(H2,9,10,12,13);1H. The number of urea groups is 2. The van der Waals surface area contributed by atoms with Gasteiger partial charge in [0.15, 0.2) is 0 Å². The van der Waals surface area contributed by atoms with E-state index in [1.165, 1.54) is 0 Å². The van der Waals surface area contributed by atoms with Crippen LogP contribution in [0.4, 0.5) is 19.2 Å². The number of alkyl carbamates (subject to hydrolysis) is 2. The van der Waals surface area contributed by atoms with Gasteiger partial charge in [0.25, 0.3) is 0 Å². The number of hydrogen-bond donors (Lipinski definition) is 4. The molecule has 30 heavy (non-hydrogen) atoms. The Kier molecular flexibility index (Phi) is 20.9. The highest BCUT2D eigenvalue weighted by atomic mass is 127. The van der Waals surface area contributed by atoms with Crippen LogP contribution in [0.3, 0.4) is 0 Å². The molecule has 4 N–H and O–H groups in total. The Bertz CT molecular complexity index is 513. The number of carbonyl (C=O) groups is 4. The Labute approximate surface area is 196 Å². The van der Waals surface area contributed by atoms with E-state index < -0.39 is 24.2 Å². The van der Waals surface area contributed by atoms with Gasteiger partial charge in [-0.1, -0.05) is 0 Å². The van der Waals surface area contributed by atoms with Gasteiger partial charge < -0.3 is 53.5 Å². The molecule has 0 aliphatic heterocycles. The van der Waals surface area contributed by atoms with Crippen LogP contribution in [0.15, 0.2) is 0 Å². The van der Waals surface area contributed by atoms with Crippen molar-refractivity contribution in [1.29, 1.82) is 0 Å². The molecule has 178 valence electrons. The number of ether oxygens (including phenoxy) is 2. The van der Waals surface area contributed by atoms with Crippen LogP contribution in [-0.4, -0.2) is 108 Å². The molecule has 0 rings (SSSR count). The van der Waals surface area contributed by atoms with Gasteiger partial charge in [0, 0.05) is 13.1 Å². The van der Waals surface area contributed by atoms with Crippen LogP contribution in [-0.2, 0) is 9.47 Å². The third kappa shape index (κ3) is 26.1. The molecular weight excluding hydrogens is 511 g/mol. The van der Waals surface area contributed by atoms with E-state index in [9.17, 15) is 19.2 Å². The maximum Gasteiger partial charge on any atom is 0.415 e. The number of likely N-dealkylation sites (N-methyl/N-ethyl adjacent to an activating group) is 2. The number of nitrogens with zero attached hydrogens (tertiary/aromatic N) is 2. The fourth-order valence-electron chi connectivity index (χ4n) is 1.51. The molecule has 0 atom stereocenters. The average Bonchev–Trinajstić information content (AvgIpc) is 2.54. The number of imide groups is 2. The summed E-state index contributed by atoms with van der Waals surface area (Å²) in [7, 11) is 9.84. The molecule has 0 saturated carbocycles. The highest BCUT2D eigenvalue weighted by Crippen LogP contribution is 1.86. The third-order valence-electron chi connectivity index (χ3n) is 2.89. The van der Waals surface area contributed by atoms with Crippen LogP contribution in [0.5, 0.6) is 0 Å². The molecule has 0 bridgehead atoms. The molecule has 0 aromatic heterocycles. The van der Waals surface area contributed by atoms with Gasteiger partial charge in [-0.3, -0.25) is 0 Å². The van der Waals surface area contributed by atoms with Gasteiger partial charge in [0.05, 0.1) is 47.4 Å². The van der Waals surface area contributed by atoms with E-state index in [0.29, 0.717) is 13.1 Å². The van der Waals surface area contributed by atoms with Crippen LogP contribution in [0, 0.1) is 0 Å². The highest BCUT2D eigenvalue weighted by molar-refractivity contribution is 5.91. The molecule has 13 heteroatoms. The Morgan fingerprint density at radius 2 is 1.20 bits per heavy atom. The van der Waals surface area contributed by atoms with Gasteiger partial charge in [-0.2, -0.15) is 0 Å². The maximum absolute atomic E-state index is 11.1. The number of halogens is 1. The van der Waals surface area contributed by atoms with Crippen molar-refractivity contribution in [3.05, 3.63) is 0 Å². The highest BCUT2D eigenvalue weighted by Gasteiger charge is 2.10. The third-order valence-corrected chi connectivity index (χ3v) is 2.89. The first-order valence-corrected chi connectivity index (χ1v) is 9.29. The van der Waals surface area contributed by atoms with E-state index in [0.717, 1.165) is 17.6 Å². The molecule has 0 fully saturated rings. The molecule has 0 aromatic carbocycles. The summed E-state index contributed by atoms with van der Waals surface area (Å²) in [5.74, 6) is 0. The van der Waals surface area contributed by atoms with E-state index in [-0.39, 0.29) is 37.2 Å². The van der Waals surface area contributed by atoms with Gasteiger partial charge in [-0.25, -0.2) is 29.8 Å². The lowest BCUT2D eigenvalue weighted by molar-refractivity contribution is -0.869. The lowest BCUT2D eigenvalue weighted by Gasteiger charge is -2.23. The van der Waals surface area contributed by atoms with Crippen molar-refractivity contribution in [2.24, 2.45) is 0 Å². The zero-order valence-electron chi connectivity index (χ0n) is 19.0. The smallest absolute Gasteiger partial charge is 0.415 e. The Hall–Kier alpha value is -1.87. The van der Waals surface area contributed by atoms with E-state index in [4.69, 9.17) is 0 Å². The van der Waals surface area contributed by atoms with Crippen molar-refractivity contribution >= 4 is 24.2 Å². The van der Waals surface area contributed by atoms with Crippen LogP contribution in [0.25, 0.3) is 0 Å². The van der Waals surface area contributed by atoms with E-state index in [2.05, 4.69) is 20.1 Å². The monoisotopic (exact) mass is 548 g/mol. The van der Waals surface area contributed by atoms with E-state index in [1.54, 1.807) is 13.8 Å². The number of nitrogens with one attached hydrogen (secondary N) is 4. The Morgan fingerprint density at radius 3 is 1.53 bits per heavy atom. The number of quaternary nitrogens is 1. The molecule has 0 unspecified atom stereocenters. The summed E-state index contributed by atoms with van der Waals surface area (Å²) in [6.07, 6.45) is -1.45. The normalized spacial score (nSPS) is 9.87. The van der Waals surface area contributed by atoms with Crippen molar-refractivity contribution in [3.8, 4) is 0 Å². The molecule has 0 saturated heterocycles. The summed E-state index contributed by atoms with van der Waals surface area (Å²) >= 11 is 0. The second kappa shape index (κ2) is 19.1. The van der Waals surface area contributed by atoms with Gasteiger partial charge in [-0.05, 0) is 27.9 Å². The van der Waals surface area contributed by atoms with Gasteiger partial charge in [-0.15, -0.1) is 0 Å². The predicted molar refractivity (Wildman–Crippen MR) is 109 cm³/mol. The lowest BCUT2D eigenvalue weighted by Crippen LogP contribution is -3.00. The van der Waals surface area contributed by atoms with Crippen LogP contribution in [0.1, 0.15) is 13.8 Å². The minimum Gasteiger partial charge on any atom is -1.00 e. The number of amides is 6. The maximum atomic E-state index is 11.1. The first kappa shape index (κ1) is 32.8. The first-order valence-electron chi connectivity index (χ1n) is 9.29. The molecule has 0 heterocycles. The Morgan fingerprint density at radius 1 is 0.800 bits per heavy atom. The van der Waals surface area contributed by atoms with Crippen molar-refractivity contribution in [2.75, 3.05) is 74.6 Å². The van der Waals surface area contributed by atoms with Gasteiger partial charge in [0.2, 0.25) is 0 Å². The minimum absolute atomic E-state index is 0. The quantitative estimate of drug-likeness (QED) is 0.189. The molecule has 0 radical (unpaired) electrons. The second-order valence-electron chi connectivity index (χ2n) is 7.02. The van der Waals surface area contributed by atoms with Crippen molar-refractivity contribution < 1.29 is 57.1 Å². The minimum atomic E-state index is -0.727. The fourth-order valence-corrected chi connectivity index (χ4v) is 1.51. The zero-order valence-corrected chi connectivity index (χ0v) is 21.1. The molecule has 6 amide bonds. The van der Waals surface area contributed by atoms with Gasteiger partial charge >= 0.3 is 24.2 Å². The predicted octanol–water partition coefficient (Wildman–Crippen LogP) is -2.84. The largest absolute Gasteiger partial charge is 1.00 e. The van der Waals surface area contributed by atoms with E-state index in [1.807, 2.05) is 50.8 Å². The second-order valence-corrected chi connectivity index (χ2v) is 7.02. The molecule has 0 aromatic rings. The summed E-state index contributed by atoms with van der Waals surface area (Å²) in [5, 5.41) is 9.15. The topological polar surface area (TPSA) is 138 Å². The van der Waals surface area contributed by atoms with Crippen LogP contribution >= 0.6 is 0 Å². The summed E-state index contributed by atoms with van der Waals surface area (Å²) in [6, 6.07) is -1.06. The van der Waals surface area contributed by atoms with E-state index >= 15 is 0 Å². The first-order chi connectivity index (χ1) is 13.4. The van der Waals surface area contributed by atoms with Gasteiger partial charge in [0.1, 0.15) is 0 Å². The average molecular weight is 548 g/mol. The summed E-state index contributed by atoms with van der Waals surface area (Å²) < 4.78 is 9.81. The molecule has 12 nitrogen and oxygen atoms in total. The Balaban J connectivity index is -0.000000471. The molecular formula is C17H37IN6O6. The summed E-state index contributed by atoms with van der Waals surface area (Å²) in [5.41, 5.74) is 0. The molecule has 0 aliphatic carbocycles. The number of rotatable bonds is 8. The van der Waals surface area contributed by atoms with Crippen molar-refractivity contribution in [1.82, 2.24) is 26.2 Å². The fraction of sp³-hybridized carbons (Fsp3) is 0.765. The lowest BCUT2D eigenvalue weighted by atomic mass is 10.5. The summed E-state index contributed by atoms with van der Waals surface area (Å²) in [6.45, 7) is 6.34. The van der Waals surface area contributed by atoms with Crippen molar-refractivity contribution in [3.63, 3.8) is 0 Å². The zero-order chi connectivity index (χ0) is 22.9. The number of hydrogen-bond acceptors (Lipinski definition) is 7. The van der Waals surface area contributed by atoms with Crippen molar-refractivity contribution in [2.45, 2.75) is 13.8 Å². The van der Waals surface area contributed by atoms with Crippen LogP contribution in [0.2, 0.25) is 0 Å². The summed E-state index contributed by atoms with van der Waals surface area (Å²) in [4.78, 5) is 45.5. The number of carbonyl (C=O) groups excluding carboxylic acids is 4.